The Morgan fingerprint density at radius 2 is 2.00 bits per heavy atom. The third-order valence-electron chi connectivity index (χ3n) is 3.54. The summed E-state index contributed by atoms with van der Waals surface area (Å²) in [5.74, 6) is -1.27. The number of nitrogens with zero attached hydrogens (tertiary/aromatic N) is 2. The number of urea groups is 1. The van der Waals surface area contributed by atoms with E-state index >= 15 is 0 Å². The maximum absolute atomic E-state index is 12.0. The van der Waals surface area contributed by atoms with Crippen molar-refractivity contribution in [2.75, 3.05) is 32.9 Å². The Morgan fingerprint density at radius 1 is 1.40 bits per heavy atom. The summed E-state index contributed by atoms with van der Waals surface area (Å²) in [5, 5.41) is 11.7. The Bertz CT molecular complexity index is 490. The van der Waals surface area contributed by atoms with E-state index in [2.05, 4.69) is 5.32 Å². The molecule has 0 aromatic rings. The molecule has 1 heterocycles. The molecular weight excluding hydrogens is 286 g/mol. The van der Waals surface area contributed by atoms with E-state index in [1.165, 1.54) is 25.9 Å². The molecule has 0 aliphatic carbocycles. The highest BCUT2D eigenvalue weighted by molar-refractivity contribution is 7.89. The predicted octanol–water partition coefficient (Wildman–Crippen LogP) is -0.473. The summed E-state index contributed by atoms with van der Waals surface area (Å²) in [5.41, 5.74) is -1.22. The summed E-state index contributed by atoms with van der Waals surface area (Å²) in [4.78, 5) is 24.4. The van der Waals surface area contributed by atoms with Crippen molar-refractivity contribution >= 4 is 22.0 Å². The summed E-state index contributed by atoms with van der Waals surface area (Å²) < 4.78 is 24.2. The molecule has 1 unspecified atom stereocenters. The Balaban J connectivity index is 2.58. The first-order chi connectivity index (χ1) is 9.11. The van der Waals surface area contributed by atoms with Crippen LogP contribution >= 0.6 is 0 Å². The van der Waals surface area contributed by atoms with Crippen molar-refractivity contribution in [3.05, 3.63) is 0 Å². The quantitative estimate of drug-likeness (QED) is 0.714. The Morgan fingerprint density at radius 3 is 2.50 bits per heavy atom. The number of likely N-dealkylation sites (tertiary alicyclic amines) is 1. The lowest BCUT2D eigenvalue weighted by Crippen LogP contribution is -2.54. The van der Waals surface area contributed by atoms with Crippen LogP contribution in [0.3, 0.4) is 0 Å². The topological polar surface area (TPSA) is 107 Å². The molecule has 1 saturated heterocycles. The number of sulfonamides is 1. The van der Waals surface area contributed by atoms with E-state index in [0.29, 0.717) is 19.4 Å². The summed E-state index contributed by atoms with van der Waals surface area (Å²) >= 11 is 0. The maximum Gasteiger partial charge on any atom is 0.329 e. The number of aliphatic carboxylic acids is 1. The molecule has 0 aromatic heterocycles. The monoisotopic (exact) mass is 307 g/mol. The van der Waals surface area contributed by atoms with E-state index in [4.69, 9.17) is 0 Å². The number of rotatable bonds is 5. The molecule has 0 aromatic carbocycles. The molecule has 8 nitrogen and oxygen atoms in total. The van der Waals surface area contributed by atoms with Gasteiger partial charge in [-0.1, -0.05) is 0 Å². The van der Waals surface area contributed by atoms with Crippen LogP contribution in [0.4, 0.5) is 4.79 Å². The van der Waals surface area contributed by atoms with Gasteiger partial charge < -0.3 is 15.3 Å². The number of carboxylic acid groups (broad SMARTS) is 1. The van der Waals surface area contributed by atoms with Crippen LogP contribution in [0, 0.1) is 0 Å². The van der Waals surface area contributed by atoms with Crippen molar-refractivity contribution in [3.63, 3.8) is 0 Å². The van der Waals surface area contributed by atoms with Gasteiger partial charge in [0.2, 0.25) is 10.0 Å². The molecule has 0 saturated carbocycles. The zero-order valence-corrected chi connectivity index (χ0v) is 12.7. The van der Waals surface area contributed by atoms with Crippen molar-refractivity contribution in [2.24, 2.45) is 0 Å². The summed E-state index contributed by atoms with van der Waals surface area (Å²) in [6, 6.07) is -0.540. The second-order valence-electron chi connectivity index (χ2n) is 5.16. The van der Waals surface area contributed by atoms with Crippen molar-refractivity contribution < 1.29 is 23.1 Å². The molecular formula is C11H21N3O5S. The first kappa shape index (κ1) is 16.7. The second kappa shape index (κ2) is 5.96. The van der Waals surface area contributed by atoms with E-state index in [0.717, 1.165) is 4.31 Å². The number of carboxylic acids is 1. The Hall–Kier alpha value is -1.35. The minimum Gasteiger partial charge on any atom is -0.480 e. The first-order valence-corrected chi connectivity index (χ1v) is 7.91. The predicted molar refractivity (Wildman–Crippen MR) is 72.9 cm³/mol. The smallest absolute Gasteiger partial charge is 0.329 e. The minimum atomic E-state index is -3.38. The molecule has 9 heteroatoms. The van der Waals surface area contributed by atoms with Gasteiger partial charge in [0.05, 0.1) is 5.75 Å². The maximum atomic E-state index is 12.0. The van der Waals surface area contributed by atoms with Crippen LogP contribution in [0.5, 0.6) is 0 Å². The van der Waals surface area contributed by atoms with Gasteiger partial charge in [0.1, 0.15) is 5.54 Å². The molecule has 1 aliphatic rings. The van der Waals surface area contributed by atoms with Gasteiger partial charge in [-0.25, -0.2) is 22.3 Å². The Kier molecular flexibility index (Phi) is 4.98. The first-order valence-electron chi connectivity index (χ1n) is 6.30. The average Bonchev–Trinajstić information content (AvgIpc) is 2.72. The van der Waals surface area contributed by atoms with Crippen LogP contribution in [-0.2, 0) is 14.8 Å². The number of amides is 2. The molecule has 0 bridgehead atoms. The van der Waals surface area contributed by atoms with E-state index < -0.39 is 27.6 Å². The van der Waals surface area contributed by atoms with Gasteiger partial charge in [0, 0.05) is 27.2 Å². The average molecular weight is 307 g/mol. The van der Waals surface area contributed by atoms with Gasteiger partial charge in [0.25, 0.3) is 0 Å². The van der Waals surface area contributed by atoms with Gasteiger partial charge in [-0.3, -0.25) is 0 Å². The fraction of sp³-hybridized carbons (Fsp3) is 0.818. The summed E-state index contributed by atoms with van der Waals surface area (Å²) in [6.45, 7) is 1.80. The van der Waals surface area contributed by atoms with Crippen LogP contribution in [0.15, 0.2) is 0 Å². The SMILES string of the molecule is CN(C)S(=O)(=O)CCNC(=O)N1CCCC1(C)C(=O)O. The van der Waals surface area contributed by atoms with Crippen LogP contribution in [0.25, 0.3) is 0 Å². The lowest BCUT2D eigenvalue weighted by atomic mass is 10.00. The van der Waals surface area contributed by atoms with Gasteiger partial charge in [-0.2, -0.15) is 0 Å². The third-order valence-corrected chi connectivity index (χ3v) is 5.37. The fourth-order valence-electron chi connectivity index (χ4n) is 2.08. The molecule has 1 fully saturated rings. The number of hydrogen-bond donors (Lipinski definition) is 2. The van der Waals surface area contributed by atoms with Crippen molar-refractivity contribution in [1.82, 2.24) is 14.5 Å². The van der Waals surface area contributed by atoms with Gasteiger partial charge in [0.15, 0.2) is 0 Å². The highest BCUT2D eigenvalue weighted by Gasteiger charge is 2.45. The second-order valence-corrected chi connectivity index (χ2v) is 7.47. The van der Waals surface area contributed by atoms with Gasteiger partial charge >= 0.3 is 12.0 Å². The largest absolute Gasteiger partial charge is 0.480 e. The van der Waals surface area contributed by atoms with E-state index in [1.807, 2.05) is 0 Å². The summed E-state index contributed by atoms with van der Waals surface area (Å²) in [6.07, 6.45) is 1.01. The van der Waals surface area contributed by atoms with Gasteiger partial charge in [-0.05, 0) is 19.8 Å². The van der Waals surface area contributed by atoms with E-state index in [1.54, 1.807) is 0 Å². The van der Waals surface area contributed by atoms with Crippen molar-refractivity contribution in [1.29, 1.82) is 0 Å². The molecule has 0 radical (unpaired) electrons. The van der Waals surface area contributed by atoms with Crippen molar-refractivity contribution in [2.45, 2.75) is 25.3 Å². The van der Waals surface area contributed by atoms with Crippen LogP contribution in [0.1, 0.15) is 19.8 Å². The number of nitrogens with one attached hydrogen (secondary N) is 1. The molecule has 2 amide bonds. The van der Waals surface area contributed by atoms with Gasteiger partial charge in [-0.15, -0.1) is 0 Å². The van der Waals surface area contributed by atoms with E-state index in [9.17, 15) is 23.1 Å². The van der Waals surface area contributed by atoms with E-state index in [-0.39, 0.29) is 12.3 Å². The third kappa shape index (κ3) is 3.40. The highest BCUT2D eigenvalue weighted by Crippen LogP contribution is 2.29. The standard InChI is InChI=1S/C11H21N3O5S/c1-11(9(15)16)5-4-7-14(11)10(17)12-6-8-20(18,19)13(2)3/h4-8H2,1-3H3,(H,12,17)(H,15,16). The lowest BCUT2D eigenvalue weighted by molar-refractivity contribution is -0.147. The zero-order valence-electron chi connectivity index (χ0n) is 11.9. The molecule has 1 atom stereocenters. The highest BCUT2D eigenvalue weighted by atomic mass is 32.2. The molecule has 1 rings (SSSR count). The number of hydrogen-bond acceptors (Lipinski definition) is 4. The zero-order chi connectivity index (χ0) is 15.6. The van der Waals surface area contributed by atoms with Crippen molar-refractivity contribution in [3.8, 4) is 0 Å². The van der Waals surface area contributed by atoms with Crippen LogP contribution in [-0.4, -0.2) is 73.2 Å². The normalized spacial score (nSPS) is 23.1. The molecule has 20 heavy (non-hydrogen) atoms. The Labute approximate surface area is 118 Å². The number of carbonyl (C=O) groups excluding carboxylic acids is 1. The van der Waals surface area contributed by atoms with Crippen LogP contribution in [0.2, 0.25) is 0 Å². The molecule has 0 spiro atoms. The number of carbonyl (C=O) groups is 2. The minimum absolute atomic E-state index is 0.0501. The summed E-state index contributed by atoms with van der Waals surface area (Å²) in [7, 11) is -0.547. The fourth-order valence-corrected chi connectivity index (χ4v) is 2.80. The van der Waals surface area contributed by atoms with Crippen LogP contribution < -0.4 is 5.32 Å². The molecule has 1 aliphatic heterocycles. The molecule has 116 valence electrons. The molecule has 2 N–H and O–H groups in total. The lowest BCUT2D eigenvalue weighted by Gasteiger charge is -2.31.